The molecule has 1 rings (SSSR count). The van der Waals surface area contributed by atoms with E-state index in [4.69, 9.17) is 5.11 Å². The van der Waals surface area contributed by atoms with Crippen molar-refractivity contribution < 1.29 is 18.3 Å². The van der Waals surface area contributed by atoms with Crippen LogP contribution in [0.15, 0.2) is 12.1 Å². The first-order valence-corrected chi connectivity index (χ1v) is 4.97. The van der Waals surface area contributed by atoms with Gasteiger partial charge in [0.15, 0.2) is 0 Å². The highest BCUT2D eigenvalue weighted by atomic mass is 19.4. The number of rotatable bonds is 4. The topological polar surface area (TPSA) is 48.4 Å². The third kappa shape index (κ3) is 3.48. The summed E-state index contributed by atoms with van der Waals surface area (Å²) >= 11 is 0. The highest BCUT2D eigenvalue weighted by Gasteiger charge is 2.31. The Balaban J connectivity index is 3.14. The summed E-state index contributed by atoms with van der Waals surface area (Å²) < 4.78 is 37.8. The highest BCUT2D eigenvalue weighted by Crippen LogP contribution is 2.32. The second-order valence-corrected chi connectivity index (χ2v) is 3.49. The van der Waals surface area contributed by atoms with Crippen LogP contribution in [0.4, 0.5) is 24.8 Å². The number of halogens is 3. The standard InChI is InChI=1S/C10H14F3N3O/c1-14-8-5-7(10(11,12)13)6-9(15-8)16(2)3-4-17/h5-6,17H,3-4H2,1-2H3,(H,14,15). The van der Waals surface area contributed by atoms with Crippen LogP contribution in [0.5, 0.6) is 0 Å². The molecule has 0 spiro atoms. The van der Waals surface area contributed by atoms with Gasteiger partial charge in [-0.25, -0.2) is 4.98 Å². The second kappa shape index (κ2) is 5.22. The molecule has 4 nitrogen and oxygen atoms in total. The normalized spacial score (nSPS) is 11.4. The van der Waals surface area contributed by atoms with E-state index in [2.05, 4.69) is 10.3 Å². The monoisotopic (exact) mass is 249 g/mol. The fraction of sp³-hybridized carbons (Fsp3) is 0.500. The molecule has 0 bridgehead atoms. The first kappa shape index (κ1) is 13.6. The van der Waals surface area contributed by atoms with Crippen molar-refractivity contribution in [3.05, 3.63) is 17.7 Å². The number of alkyl halides is 3. The average Bonchev–Trinajstić information content (AvgIpc) is 2.27. The van der Waals surface area contributed by atoms with Crippen LogP contribution in [0.1, 0.15) is 5.56 Å². The van der Waals surface area contributed by atoms with Gasteiger partial charge in [-0.2, -0.15) is 13.2 Å². The lowest BCUT2D eigenvalue weighted by atomic mass is 10.2. The van der Waals surface area contributed by atoms with Gasteiger partial charge in [-0.3, -0.25) is 0 Å². The Kier molecular flexibility index (Phi) is 4.17. The van der Waals surface area contributed by atoms with Crippen LogP contribution in [0.3, 0.4) is 0 Å². The van der Waals surface area contributed by atoms with Crippen LogP contribution in [0.25, 0.3) is 0 Å². The molecule has 0 aliphatic heterocycles. The van der Waals surface area contributed by atoms with Gasteiger partial charge >= 0.3 is 6.18 Å². The Morgan fingerprint density at radius 1 is 1.41 bits per heavy atom. The molecule has 96 valence electrons. The van der Waals surface area contributed by atoms with Crippen molar-refractivity contribution in [3.63, 3.8) is 0 Å². The van der Waals surface area contributed by atoms with E-state index in [-0.39, 0.29) is 24.8 Å². The number of anilines is 2. The van der Waals surface area contributed by atoms with Crippen molar-refractivity contribution in [2.75, 3.05) is 37.5 Å². The maximum Gasteiger partial charge on any atom is 0.416 e. The number of hydrogen-bond donors (Lipinski definition) is 2. The fourth-order valence-electron chi connectivity index (χ4n) is 1.27. The molecule has 0 aromatic carbocycles. The van der Waals surface area contributed by atoms with Crippen molar-refractivity contribution >= 4 is 11.6 Å². The largest absolute Gasteiger partial charge is 0.416 e. The summed E-state index contributed by atoms with van der Waals surface area (Å²) in [5.74, 6) is 0.304. The van der Waals surface area contributed by atoms with Gasteiger partial charge in [0.25, 0.3) is 0 Å². The molecule has 0 atom stereocenters. The molecule has 0 aliphatic rings. The van der Waals surface area contributed by atoms with Crippen LogP contribution in [0.2, 0.25) is 0 Å². The number of nitrogens with zero attached hydrogens (tertiary/aromatic N) is 2. The summed E-state index contributed by atoms with van der Waals surface area (Å²) in [4.78, 5) is 5.44. The van der Waals surface area contributed by atoms with Crippen LogP contribution >= 0.6 is 0 Å². The summed E-state index contributed by atoms with van der Waals surface area (Å²) in [7, 11) is 3.07. The van der Waals surface area contributed by atoms with Crippen molar-refractivity contribution in [2.24, 2.45) is 0 Å². The van der Waals surface area contributed by atoms with Crippen LogP contribution in [0, 0.1) is 0 Å². The van der Waals surface area contributed by atoms with Gasteiger partial charge in [0.05, 0.1) is 12.2 Å². The Bertz CT molecular complexity index is 382. The van der Waals surface area contributed by atoms with Crippen LogP contribution in [-0.4, -0.2) is 37.3 Å². The summed E-state index contributed by atoms with van der Waals surface area (Å²) in [5, 5.41) is 11.3. The average molecular weight is 249 g/mol. The molecule has 0 radical (unpaired) electrons. The van der Waals surface area contributed by atoms with Gasteiger partial charge in [0, 0.05) is 20.6 Å². The number of pyridine rings is 1. The van der Waals surface area contributed by atoms with Crippen LogP contribution in [-0.2, 0) is 6.18 Å². The second-order valence-electron chi connectivity index (χ2n) is 3.49. The summed E-state index contributed by atoms with van der Waals surface area (Å²) in [5.41, 5.74) is -0.767. The molecule has 0 saturated carbocycles. The molecule has 0 aliphatic carbocycles. The Morgan fingerprint density at radius 2 is 2.06 bits per heavy atom. The molecule has 7 heteroatoms. The number of nitrogens with one attached hydrogen (secondary N) is 1. The molecule has 0 fully saturated rings. The molecular weight excluding hydrogens is 235 g/mol. The zero-order chi connectivity index (χ0) is 13.1. The van der Waals surface area contributed by atoms with E-state index in [1.54, 1.807) is 7.05 Å². The van der Waals surface area contributed by atoms with E-state index in [0.717, 1.165) is 12.1 Å². The third-order valence-corrected chi connectivity index (χ3v) is 2.22. The van der Waals surface area contributed by atoms with Gasteiger partial charge in [-0.05, 0) is 12.1 Å². The SMILES string of the molecule is CNc1cc(C(F)(F)F)cc(N(C)CCO)n1. The molecule has 17 heavy (non-hydrogen) atoms. The van der Waals surface area contributed by atoms with E-state index in [9.17, 15) is 13.2 Å². The fourth-order valence-corrected chi connectivity index (χ4v) is 1.27. The number of aliphatic hydroxyl groups excluding tert-OH is 1. The zero-order valence-electron chi connectivity index (χ0n) is 9.54. The smallest absolute Gasteiger partial charge is 0.395 e. The minimum Gasteiger partial charge on any atom is -0.395 e. The first-order chi connectivity index (χ1) is 7.88. The van der Waals surface area contributed by atoms with Crippen molar-refractivity contribution in [3.8, 4) is 0 Å². The van der Waals surface area contributed by atoms with Crippen molar-refractivity contribution in [1.82, 2.24) is 4.98 Å². The molecular formula is C10H14F3N3O. The summed E-state index contributed by atoms with van der Waals surface area (Å²) in [6, 6.07) is 1.90. The number of likely N-dealkylation sites (N-methyl/N-ethyl adjacent to an activating group) is 1. The van der Waals surface area contributed by atoms with Gasteiger partial charge in [0.2, 0.25) is 0 Å². The number of aliphatic hydroxyl groups is 1. The molecule has 0 saturated heterocycles. The lowest BCUT2D eigenvalue weighted by molar-refractivity contribution is -0.137. The van der Waals surface area contributed by atoms with Gasteiger partial charge in [-0.15, -0.1) is 0 Å². The predicted octanol–water partition coefficient (Wildman–Crippen LogP) is 1.57. The molecule has 2 N–H and O–H groups in total. The zero-order valence-corrected chi connectivity index (χ0v) is 9.54. The maximum absolute atomic E-state index is 12.6. The molecule has 1 aromatic rings. The summed E-state index contributed by atoms with van der Waals surface area (Å²) in [6.45, 7) is 0.0702. The Morgan fingerprint density at radius 3 is 2.53 bits per heavy atom. The lowest BCUT2D eigenvalue weighted by Crippen LogP contribution is -2.23. The highest BCUT2D eigenvalue weighted by molar-refractivity contribution is 5.50. The van der Waals surface area contributed by atoms with Crippen molar-refractivity contribution in [2.45, 2.75) is 6.18 Å². The maximum atomic E-state index is 12.6. The van der Waals surface area contributed by atoms with E-state index in [1.807, 2.05) is 0 Å². The first-order valence-electron chi connectivity index (χ1n) is 4.97. The van der Waals surface area contributed by atoms with Crippen molar-refractivity contribution in [1.29, 1.82) is 0 Å². The number of aromatic nitrogens is 1. The molecule has 0 unspecified atom stereocenters. The van der Waals surface area contributed by atoms with Gasteiger partial charge < -0.3 is 15.3 Å². The molecule has 1 heterocycles. The van der Waals surface area contributed by atoms with Crippen LogP contribution < -0.4 is 10.2 Å². The molecule has 1 aromatic heterocycles. The minimum atomic E-state index is -4.41. The predicted molar refractivity (Wildman–Crippen MR) is 59.1 cm³/mol. The van der Waals surface area contributed by atoms with E-state index >= 15 is 0 Å². The van der Waals surface area contributed by atoms with Gasteiger partial charge in [0.1, 0.15) is 11.6 Å². The summed E-state index contributed by atoms with van der Waals surface area (Å²) in [6.07, 6.45) is -4.41. The van der Waals surface area contributed by atoms with Gasteiger partial charge in [-0.1, -0.05) is 0 Å². The third-order valence-electron chi connectivity index (χ3n) is 2.22. The minimum absolute atomic E-state index is 0.139. The lowest BCUT2D eigenvalue weighted by Gasteiger charge is -2.19. The Labute approximate surface area is 97.1 Å². The van der Waals surface area contributed by atoms with E-state index < -0.39 is 11.7 Å². The Hall–Kier alpha value is -1.50. The van der Waals surface area contributed by atoms with E-state index in [0.29, 0.717) is 0 Å². The quantitative estimate of drug-likeness (QED) is 0.850. The van der Waals surface area contributed by atoms with E-state index in [1.165, 1.54) is 11.9 Å². The number of hydrogen-bond acceptors (Lipinski definition) is 4. The molecule has 0 amide bonds.